The Balaban J connectivity index is 0.00000300. The van der Waals surface area contributed by atoms with Gasteiger partial charge in [0.2, 0.25) is 0 Å². The van der Waals surface area contributed by atoms with Gasteiger partial charge in [-0.05, 0) is 56.9 Å². The van der Waals surface area contributed by atoms with Gasteiger partial charge in [-0.25, -0.2) is 0 Å². The van der Waals surface area contributed by atoms with Crippen LogP contribution >= 0.6 is 24.0 Å². The number of benzene rings is 1. The minimum atomic E-state index is 0. The summed E-state index contributed by atoms with van der Waals surface area (Å²) in [6.07, 6.45) is 0.965. The number of guanidine groups is 1. The highest BCUT2D eigenvalue weighted by Crippen LogP contribution is 2.23. The van der Waals surface area contributed by atoms with Crippen LogP contribution in [-0.2, 0) is 13.5 Å². The van der Waals surface area contributed by atoms with E-state index in [1.165, 1.54) is 28.1 Å². The van der Waals surface area contributed by atoms with Gasteiger partial charge < -0.3 is 15.1 Å². The van der Waals surface area contributed by atoms with Crippen LogP contribution in [0.2, 0.25) is 0 Å². The van der Waals surface area contributed by atoms with Gasteiger partial charge in [0.1, 0.15) is 0 Å². The smallest absolute Gasteiger partial charge is 0.193 e. The zero-order chi connectivity index (χ0) is 20.3. The summed E-state index contributed by atoms with van der Waals surface area (Å²) in [4.78, 5) is 9.37. The van der Waals surface area contributed by atoms with E-state index in [9.17, 15) is 0 Å². The molecule has 0 atom stereocenters. The molecule has 29 heavy (non-hydrogen) atoms. The summed E-state index contributed by atoms with van der Waals surface area (Å²) < 4.78 is 1.96. The molecule has 7 heteroatoms. The number of aryl methyl sites for hydroxylation is 3. The predicted molar refractivity (Wildman–Crippen MR) is 133 cm³/mol. The first-order valence-electron chi connectivity index (χ1n) is 10.2. The molecule has 0 spiro atoms. The molecule has 1 aromatic carbocycles. The summed E-state index contributed by atoms with van der Waals surface area (Å²) in [7, 11) is 3.88. The van der Waals surface area contributed by atoms with Crippen LogP contribution < -0.4 is 10.2 Å². The number of hydrogen-bond donors (Lipinski definition) is 1. The van der Waals surface area contributed by atoms with E-state index in [-0.39, 0.29) is 24.0 Å². The van der Waals surface area contributed by atoms with Crippen LogP contribution in [0.5, 0.6) is 0 Å². The number of piperazine rings is 1. The Bertz CT molecular complexity index is 849. The molecule has 160 valence electrons. The van der Waals surface area contributed by atoms with Crippen molar-refractivity contribution >= 4 is 35.6 Å². The zero-order valence-electron chi connectivity index (χ0n) is 18.6. The second-order valence-corrected chi connectivity index (χ2v) is 7.69. The monoisotopic (exact) mass is 510 g/mol. The van der Waals surface area contributed by atoms with Crippen molar-refractivity contribution < 1.29 is 0 Å². The predicted octanol–water partition coefficient (Wildman–Crippen LogP) is 3.21. The second kappa shape index (κ2) is 10.3. The fourth-order valence-electron chi connectivity index (χ4n) is 4.05. The summed E-state index contributed by atoms with van der Waals surface area (Å²) >= 11 is 0. The topological polar surface area (TPSA) is 48.7 Å². The van der Waals surface area contributed by atoms with Gasteiger partial charge in [-0.15, -0.1) is 24.0 Å². The standard InChI is InChI=1S/C22H34N6.HI/c1-16-8-7-9-21(17(16)2)27-12-14-28(15-13-27)22(23-5)24-11-10-20-18(3)25-26(6)19(20)4;/h7-9H,10-15H2,1-6H3,(H,23,24);1H. The molecule has 0 unspecified atom stereocenters. The average molecular weight is 510 g/mol. The van der Waals surface area contributed by atoms with Crippen molar-refractivity contribution in [3.05, 3.63) is 46.3 Å². The van der Waals surface area contributed by atoms with Crippen LogP contribution in [0, 0.1) is 27.7 Å². The number of nitrogens with zero attached hydrogens (tertiary/aromatic N) is 5. The fraction of sp³-hybridized carbons (Fsp3) is 0.545. The Kier molecular flexibility index (Phi) is 8.36. The van der Waals surface area contributed by atoms with Crippen LogP contribution in [0.25, 0.3) is 0 Å². The zero-order valence-corrected chi connectivity index (χ0v) is 20.9. The summed E-state index contributed by atoms with van der Waals surface area (Å²) in [5.74, 6) is 1.000. The van der Waals surface area contributed by atoms with E-state index in [0.29, 0.717) is 0 Å². The molecule has 6 nitrogen and oxygen atoms in total. The van der Waals surface area contributed by atoms with E-state index in [1.807, 2.05) is 18.8 Å². The molecule has 0 bridgehead atoms. The summed E-state index contributed by atoms with van der Waals surface area (Å²) in [6, 6.07) is 6.59. The van der Waals surface area contributed by atoms with Crippen LogP contribution in [0.15, 0.2) is 23.2 Å². The maximum atomic E-state index is 4.51. The number of hydrogen-bond acceptors (Lipinski definition) is 3. The Morgan fingerprint density at radius 1 is 1.10 bits per heavy atom. The van der Waals surface area contributed by atoms with Crippen LogP contribution in [-0.4, -0.2) is 60.4 Å². The Morgan fingerprint density at radius 3 is 2.38 bits per heavy atom. The largest absolute Gasteiger partial charge is 0.368 e. The average Bonchev–Trinajstić information content (AvgIpc) is 2.93. The third-order valence-electron chi connectivity index (χ3n) is 6.02. The Morgan fingerprint density at radius 2 is 1.79 bits per heavy atom. The van der Waals surface area contributed by atoms with E-state index in [1.54, 1.807) is 0 Å². The van der Waals surface area contributed by atoms with Crippen molar-refractivity contribution in [2.24, 2.45) is 12.0 Å². The molecule has 2 heterocycles. The van der Waals surface area contributed by atoms with Crippen molar-refractivity contribution in [2.75, 3.05) is 44.7 Å². The van der Waals surface area contributed by atoms with Crippen molar-refractivity contribution in [1.82, 2.24) is 20.0 Å². The molecule has 1 N–H and O–H groups in total. The van der Waals surface area contributed by atoms with Crippen molar-refractivity contribution in [3.63, 3.8) is 0 Å². The SMILES string of the molecule is CN=C(NCCc1c(C)nn(C)c1C)N1CCN(c2cccc(C)c2C)CC1.I. The molecule has 2 aromatic rings. The van der Waals surface area contributed by atoms with E-state index in [4.69, 9.17) is 0 Å². The first kappa shape index (κ1) is 23.5. The van der Waals surface area contributed by atoms with Gasteiger partial charge in [0.25, 0.3) is 0 Å². The number of rotatable bonds is 4. The number of aromatic nitrogens is 2. The minimum Gasteiger partial charge on any atom is -0.368 e. The summed E-state index contributed by atoms with van der Waals surface area (Å²) in [5, 5.41) is 8.06. The first-order valence-corrected chi connectivity index (χ1v) is 10.2. The highest BCUT2D eigenvalue weighted by atomic mass is 127. The lowest BCUT2D eigenvalue weighted by molar-refractivity contribution is 0.372. The van der Waals surface area contributed by atoms with E-state index >= 15 is 0 Å². The quantitative estimate of drug-likeness (QED) is 0.390. The molecule has 3 rings (SSSR count). The number of anilines is 1. The van der Waals surface area contributed by atoms with Crippen LogP contribution in [0.1, 0.15) is 28.1 Å². The van der Waals surface area contributed by atoms with E-state index in [2.05, 4.69) is 71.1 Å². The van der Waals surface area contributed by atoms with Gasteiger partial charge in [0.05, 0.1) is 5.69 Å². The molecule has 0 saturated carbocycles. The normalized spacial score (nSPS) is 14.8. The van der Waals surface area contributed by atoms with Crippen molar-refractivity contribution in [3.8, 4) is 0 Å². The van der Waals surface area contributed by atoms with Gasteiger partial charge in [-0.3, -0.25) is 9.67 Å². The molecule has 1 fully saturated rings. The lowest BCUT2D eigenvalue weighted by atomic mass is 10.1. The fourth-order valence-corrected chi connectivity index (χ4v) is 4.05. The van der Waals surface area contributed by atoms with E-state index in [0.717, 1.165) is 50.8 Å². The Hall–Kier alpha value is -1.77. The maximum Gasteiger partial charge on any atom is 0.193 e. The van der Waals surface area contributed by atoms with Gasteiger partial charge >= 0.3 is 0 Å². The number of nitrogens with one attached hydrogen (secondary N) is 1. The third-order valence-corrected chi connectivity index (χ3v) is 6.02. The first-order chi connectivity index (χ1) is 13.4. The molecule has 0 amide bonds. The van der Waals surface area contributed by atoms with Crippen molar-refractivity contribution in [2.45, 2.75) is 34.1 Å². The highest BCUT2D eigenvalue weighted by molar-refractivity contribution is 14.0. The lowest BCUT2D eigenvalue weighted by Crippen LogP contribution is -2.53. The molecule has 1 aliphatic rings. The van der Waals surface area contributed by atoms with Crippen LogP contribution in [0.4, 0.5) is 5.69 Å². The molecular weight excluding hydrogens is 475 g/mol. The number of halogens is 1. The van der Waals surface area contributed by atoms with E-state index < -0.39 is 0 Å². The molecular formula is C22H35IN6. The molecule has 0 radical (unpaired) electrons. The van der Waals surface area contributed by atoms with Gasteiger partial charge in [0.15, 0.2) is 5.96 Å². The molecule has 1 aliphatic heterocycles. The molecule has 1 saturated heterocycles. The van der Waals surface area contributed by atoms with Gasteiger partial charge in [-0.1, -0.05) is 12.1 Å². The molecule has 1 aromatic heterocycles. The van der Waals surface area contributed by atoms with Crippen LogP contribution in [0.3, 0.4) is 0 Å². The van der Waals surface area contributed by atoms with Crippen molar-refractivity contribution in [1.29, 1.82) is 0 Å². The summed E-state index contributed by atoms with van der Waals surface area (Å²) in [5.41, 5.74) is 7.82. The molecule has 0 aliphatic carbocycles. The number of aliphatic imine (C=N–C) groups is 1. The summed E-state index contributed by atoms with van der Waals surface area (Å²) in [6.45, 7) is 13.5. The Labute approximate surface area is 192 Å². The maximum absolute atomic E-state index is 4.51. The minimum absolute atomic E-state index is 0. The third kappa shape index (κ3) is 5.24. The van der Waals surface area contributed by atoms with Gasteiger partial charge in [-0.2, -0.15) is 5.10 Å². The highest BCUT2D eigenvalue weighted by Gasteiger charge is 2.21. The lowest BCUT2D eigenvalue weighted by Gasteiger charge is -2.38. The van der Waals surface area contributed by atoms with Gasteiger partial charge in [0, 0.05) is 58.2 Å². The second-order valence-electron chi connectivity index (χ2n) is 7.69.